The highest BCUT2D eigenvalue weighted by Crippen LogP contribution is 2.28. The van der Waals surface area contributed by atoms with Crippen LogP contribution >= 0.6 is 11.3 Å². The summed E-state index contributed by atoms with van der Waals surface area (Å²) in [5, 5.41) is 12.5. The van der Waals surface area contributed by atoms with Crippen LogP contribution in [0.1, 0.15) is 33.3 Å². The number of aryl methyl sites for hydroxylation is 1. The van der Waals surface area contributed by atoms with Crippen molar-refractivity contribution in [2.24, 2.45) is 0 Å². The fourth-order valence-corrected chi connectivity index (χ4v) is 5.00. The maximum atomic E-state index is 12.6. The molecule has 0 atom stereocenters. The molecular formula is C21H18N2O3S2. The SMILES string of the molecule is CCc1cc(C#N)c(NC(=O)c2cccc(CS(=O)(=O)c3ccccc3)c2)s1. The smallest absolute Gasteiger partial charge is 0.256 e. The molecule has 0 aliphatic carbocycles. The molecule has 7 heteroatoms. The van der Waals surface area contributed by atoms with Gasteiger partial charge in [0.05, 0.1) is 16.2 Å². The van der Waals surface area contributed by atoms with Gasteiger partial charge in [0.2, 0.25) is 0 Å². The summed E-state index contributed by atoms with van der Waals surface area (Å²) < 4.78 is 25.1. The van der Waals surface area contributed by atoms with Crippen LogP contribution in [0.3, 0.4) is 0 Å². The average Bonchev–Trinajstić information content (AvgIpc) is 3.10. The van der Waals surface area contributed by atoms with E-state index in [1.54, 1.807) is 60.7 Å². The van der Waals surface area contributed by atoms with E-state index in [9.17, 15) is 18.5 Å². The number of benzene rings is 2. The van der Waals surface area contributed by atoms with Gasteiger partial charge in [-0.15, -0.1) is 11.3 Å². The van der Waals surface area contributed by atoms with Gasteiger partial charge in [0.15, 0.2) is 9.84 Å². The Morgan fingerprint density at radius 1 is 1.11 bits per heavy atom. The Morgan fingerprint density at radius 2 is 1.86 bits per heavy atom. The lowest BCUT2D eigenvalue weighted by Crippen LogP contribution is -2.12. The van der Waals surface area contributed by atoms with Gasteiger partial charge in [0.25, 0.3) is 5.91 Å². The predicted octanol–water partition coefficient (Wildman–Crippen LogP) is 4.41. The van der Waals surface area contributed by atoms with Gasteiger partial charge in [-0.1, -0.05) is 37.3 Å². The topological polar surface area (TPSA) is 87.0 Å². The van der Waals surface area contributed by atoms with Crippen molar-refractivity contribution in [2.75, 3.05) is 5.32 Å². The number of thiophene rings is 1. The first-order chi connectivity index (χ1) is 13.4. The van der Waals surface area contributed by atoms with Crippen LogP contribution in [-0.2, 0) is 22.0 Å². The summed E-state index contributed by atoms with van der Waals surface area (Å²) in [5.74, 6) is -0.569. The first-order valence-electron chi connectivity index (χ1n) is 8.64. The van der Waals surface area contributed by atoms with Crippen LogP contribution < -0.4 is 5.32 Å². The number of amides is 1. The molecule has 0 saturated heterocycles. The Morgan fingerprint density at radius 3 is 2.54 bits per heavy atom. The summed E-state index contributed by atoms with van der Waals surface area (Å²) >= 11 is 1.37. The molecule has 3 rings (SSSR count). The van der Waals surface area contributed by atoms with E-state index in [2.05, 4.69) is 11.4 Å². The Bertz CT molecular complexity index is 1140. The van der Waals surface area contributed by atoms with Gasteiger partial charge in [0.1, 0.15) is 11.1 Å². The number of sulfone groups is 1. The van der Waals surface area contributed by atoms with Crippen molar-refractivity contribution < 1.29 is 13.2 Å². The largest absolute Gasteiger partial charge is 0.312 e. The Kier molecular flexibility index (Phi) is 5.93. The van der Waals surface area contributed by atoms with Crippen molar-refractivity contribution in [3.8, 4) is 6.07 Å². The molecule has 142 valence electrons. The summed E-state index contributed by atoms with van der Waals surface area (Å²) in [7, 11) is -3.50. The maximum absolute atomic E-state index is 12.6. The van der Waals surface area contributed by atoms with Gasteiger partial charge in [-0.25, -0.2) is 8.42 Å². The molecule has 3 aromatic rings. The normalized spacial score (nSPS) is 11.0. The van der Waals surface area contributed by atoms with Gasteiger partial charge >= 0.3 is 0 Å². The minimum Gasteiger partial charge on any atom is -0.312 e. The fraction of sp³-hybridized carbons (Fsp3) is 0.143. The van der Waals surface area contributed by atoms with E-state index in [4.69, 9.17) is 0 Å². The molecule has 28 heavy (non-hydrogen) atoms. The molecule has 1 heterocycles. The molecule has 0 fully saturated rings. The molecular weight excluding hydrogens is 392 g/mol. The van der Waals surface area contributed by atoms with Crippen LogP contribution in [0.5, 0.6) is 0 Å². The van der Waals surface area contributed by atoms with Crippen LogP contribution in [0.25, 0.3) is 0 Å². The molecule has 1 aromatic heterocycles. The minimum atomic E-state index is -3.50. The van der Waals surface area contributed by atoms with E-state index in [-0.39, 0.29) is 16.6 Å². The third-order valence-corrected chi connectivity index (χ3v) is 7.03. The van der Waals surface area contributed by atoms with Gasteiger partial charge in [0, 0.05) is 10.4 Å². The van der Waals surface area contributed by atoms with Crippen molar-refractivity contribution in [1.29, 1.82) is 5.26 Å². The van der Waals surface area contributed by atoms with E-state index < -0.39 is 9.84 Å². The van der Waals surface area contributed by atoms with E-state index >= 15 is 0 Å². The number of nitrogens with zero attached hydrogens (tertiary/aromatic N) is 1. The molecule has 1 amide bonds. The Hall–Kier alpha value is -2.95. The predicted molar refractivity (Wildman–Crippen MR) is 110 cm³/mol. The fourth-order valence-electron chi connectivity index (χ4n) is 2.70. The zero-order chi connectivity index (χ0) is 20.1. The third kappa shape index (κ3) is 4.47. The Labute approximate surface area is 168 Å². The number of carbonyl (C=O) groups is 1. The van der Waals surface area contributed by atoms with Gasteiger partial charge in [-0.05, 0) is 42.3 Å². The molecule has 0 bridgehead atoms. The summed E-state index contributed by atoms with van der Waals surface area (Å²) in [6, 6.07) is 18.6. The second-order valence-corrected chi connectivity index (χ2v) is 9.27. The average molecular weight is 411 g/mol. The van der Waals surface area contributed by atoms with Crippen LogP contribution in [-0.4, -0.2) is 14.3 Å². The molecule has 0 radical (unpaired) electrons. The van der Waals surface area contributed by atoms with E-state index in [0.717, 1.165) is 11.3 Å². The van der Waals surface area contributed by atoms with Crippen molar-refractivity contribution >= 4 is 32.1 Å². The van der Waals surface area contributed by atoms with Crippen molar-refractivity contribution in [3.05, 3.63) is 82.2 Å². The van der Waals surface area contributed by atoms with Gasteiger partial charge in [-0.2, -0.15) is 5.26 Å². The maximum Gasteiger partial charge on any atom is 0.256 e. The second kappa shape index (κ2) is 8.38. The molecule has 1 N–H and O–H groups in total. The Balaban J connectivity index is 1.81. The van der Waals surface area contributed by atoms with Crippen molar-refractivity contribution in [1.82, 2.24) is 0 Å². The number of rotatable bonds is 6. The summed E-state index contributed by atoms with van der Waals surface area (Å²) in [4.78, 5) is 13.9. The minimum absolute atomic E-state index is 0.194. The second-order valence-electron chi connectivity index (χ2n) is 6.15. The summed E-state index contributed by atoms with van der Waals surface area (Å²) in [6.45, 7) is 1.98. The van der Waals surface area contributed by atoms with Crippen molar-refractivity contribution in [3.63, 3.8) is 0 Å². The molecule has 2 aromatic carbocycles. The monoisotopic (exact) mass is 410 g/mol. The quantitative estimate of drug-likeness (QED) is 0.652. The lowest BCUT2D eigenvalue weighted by molar-refractivity contribution is 0.102. The summed E-state index contributed by atoms with van der Waals surface area (Å²) in [6.07, 6.45) is 0.780. The van der Waals surface area contributed by atoms with E-state index in [1.165, 1.54) is 11.3 Å². The third-order valence-electron chi connectivity index (χ3n) is 4.13. The van der Waals surface area contributed by atoms with Crippen LogP contribution in [0.4, 0.5) is 5.00 Å². The number of nitriles is 1. The first-order valence-corrected chi connectivity index (χ1v) is 11.1. The van der Waals surface area contributed by atoms with E-state index in [0.29, 0.717) is 21.7 Å². The lowest BCUT2D eigenvalue weighted by Gasteiger charge is -2.07. The van der Waals surface area contributed by atoms with Crippen LogP contribution in [0, 0.1) is 11.3 Å². The zero-order valence-corrected chi connectivity index (χ0v) is 16.8. The number of hydrogen-bond donors (Lipinski definition) is 1. The van der Waals surface area contributed by atoms with Crippen molar-refractivity contribution in [2.45, 2.75) is 24.0 Å². The number of hydrogen-bond acceptors (Lipinski definition) is 5. The molecule has 0 aliphatic heterocycles. The zero-order valence-electron chi connectivity index (χ0n) is 15.2. The number of nitrogens with one attached hydrogen (secondary N) is 1. The highest BCUT2D eigenvalue weighted by molar-refractivity contribution is 7.90. The molecule has 0 spiro atoms. The standard InChI is InChI=1S/C21H18N2O3S2/c1-2-18-12-17(13-22)21(27-18)23-20(24)16-8-6-7-15(11-16)14-28(25,26)19-9-4-3-5-10-19/h3-12H,2,14H2,1H3,(H,23,24). The van der Waals surface area contributed by atoms with Crippen LogP contribution in [0.15, 0.2) is 65.6 Å². The number of anilines is 1. The summed E-state index contributed by atoms with van der Waals surface area (Å²) in [5.41, 5.74) is 1.30. The lowest BCUT2D eigenvalue weighted by atomic mass is 10.1. The van der Waals surface area contributed by atoms with E-state index in [1.807, 2.05) is 6.92 Å². The highest BCUT2D eigenvalue weighted by Gasteiger charge is 2.17. The highest BCUT2D eigenvalue weighted by atomic mass is 32.2. The molecule has 0 unspecified atom stereocenters. The number of carbonyl (C=O) groups excluding carboxylic acids is 1. The first kappa shape index (κ1) is 19.8. The molecule has 0 saturated carbocycles. The van der Waals surface area contributed by atoms with Crippen LogP contribution in [0.2, 0.25) is 0 Å². The van der Waals surface area contributed by atoms with Gasteiger partial charge < -0.3 is 5.32 Å². The van der Waals surface area contributed by atoms with Gasteiger partial charge in [-0.3, -0.25) is 4.79 Å². The molecule has 5 nitrogen and oxygen atoms in total. The molecule has 0 aliphatic rings.